The van der Waals surface area contributed by atoms with Crippen molar-refractivity contribution in [2.45, 2.75) is 37.9 Å². The van der Waals surface area contributed by atoms with Crippen molar-refractivity contribution in [3.05, 3.63) is 81.8 Å². The molecule has 1 amide bonds. The van der Waals surface area contributed by atoms with Gasteiger partial charge in [0.25, 0.3) is 5.91 Å². The summed E-state index contributed by atoms with van der Waals surface area (Å²) in [5.41, 5.74) is 1.10. The van der Waals surface area contributed by atoms with Crippen LogP contribution in [0.1, 0.15) is 42.1 Å². The molecule has 0 saturated heterocycles. The monoisotopic (exact) mass is 529 g/mol. The smallest absolute Gasteiger partial charge is 0.255 e. The Morgan fingerprint density at radius 2 is 1.94 bits per heavy atom. The first-order valence-electron chi connectivity index (χ1n) is 11.3. The molecule has 1 aliphatic carbocycles. The third-order valence-electron chi connectivity index (χ3n) is 5.72. The van der Waals surface area contributed by atoms with Gasteiger partial charge in [-0.05, 0) is 50.1 Å². The van der Waals surface area contributed by atoms with Crippen LogP contribution in [0.3, 0.4) is 0 Å². The fraction of sp³-hybridized carbons (Fsp3) is 0.269. The Morgan fingerprint density at radius 3 is 2.67 bits per heavy atom. The zero-order valence-electron chi connectivity index (χ0n) is 19.3. The number of nitrogens with one attached hydrogen (secondary N) is 1. The van der Waals surface area contributed by atoms with Crippen molar-refractivity contribution in [3.8, 4) is 11.5 Å². The Labute approximate surface area is 217 Å². The molecule has 2 aliphatic rings. The molecule has 1 aliphatic heterocycles. The molecule has 0 radical (unpaired) electrons. The van der Waals surface area contributed by atoms with Crippen LogP contribution >= 0.6 is 23.2 Å². The van der Waals surface area contributed by atoms with Crippen LogP contribution in [-0.4, -0.2) is 34.9 Å². The van der Waals surface area contributed by atoms with Gasteiger partial charge in [0, 0.05) is 29.9 Å². The summed E-state index contributed by atoms with van der Waals surface area (Å²) in [6.07, 6.45) is 5.27. The summed E-state index contributed by atoms with van der Waals surface area (Å²) in [6, 6.07) is 11.1. The number of ether oxygens (including phenoxy) is 2. The first-order valence-corrected chi connectivity index (χ1v) is 12.1. The van der Waals surface area contributed by atoms with Gasteiger partial charge >= 0.3 is 0 Å². The predicted molar refractivity (Wildman–Crippen MR) is 135 cm³/mol. The molecular weight excluding hydrogens is 508 g/mol. The van der Waals surface area contributed by atoms with Crippen LogP contribution in [0.4, 0.5) is 10.1 Å². The normalized spacial score (nSPS) is 18.8. The van der Waals surface area contributed by atoms with Gasteiger partial charge in [0.1, 0.15) is 12.4 Å². The topological polar surface area (TPSA) is 82.0 Å². The number of nitrogens with zero attached hydrogens (tertiary/aromatic N) is 2. The minimum atomic E-state index is -0.783. The van der Waals surface area contributed by atoms with Crippen LogP contribution in [0.2, 0.25) is 10.0 Å². The molecule has 1 saturated carbocycles. The minimum Gasteiger partial charge on any atom is -0.487 e. The van der Waals surface area contributed by atoms with Crippen LogP contribution in [0.5, 0.6) is 11.5 Å². The number of anilines is 1. The van der Waals surface area contributed by atoms with Crippen LogP contribution in [0.15, 0.2) is 60.0 Å². The van der Waals surface area contributed by atoms with Gasteiger partial charge in [-0.25, -0.2) is 4.39 Å². The summed E-state index contributed by atoms with van der Waals surface area (Å²) in [4.78, 5) is 22.5. The summed E-state index contributed by atoms with van der Waals surface area (Å²) in [5, 5.41) is 7.31. The number of carbonyl (C=O) groups excluding carboxylic acids is 1. The molecule has 186 valence electrons. The van der Waals surface area contributed by atoms with E-state index in [-0.39, 0.29) is 34.3 Å². The first kappa shape index (κ1) is 24.3. The second-order valence-corrected chi connectivity index (χ2v) is 9.78. The van der Waals surface area contributed by atoms with E-state index in [0.717, 1.165) is 12.8 Å². The molecule has 7 nitrogen and oxygen atoms in total. The quantitative estimate of drug-likeness (QED) is 0.371. The van der Waals surface area contributed by atoms with Crippen molar-refractivity contribution < 1.29 is 23.5 Å². The molecule has 2 aromatic carbocycles. The number of amides is 1. The Bertz CT molecular complexity index is 1330. The number of carbonyl (C=O) groups is 1. The number of oxime groups is 1. The number of rotatable bonds is 8. The molecule has 1 N–H and O–H groups in total. The summed E-state index contributed by atoms with van der Waals surface area (Å²) >= 11 is 12.3. The zero-order chi connectivity index (χ0) is 25.3. The van der Waals surface area contributed by atoms with Crippen molar-refractivity contribution >= 4 is 40.5 Å². The van der Waals surface area contributed by atoms with E-state index in [9.17, 15) is 9.18 Å². The third kappa shape index (κ3) is 5.55. The highest BCUT2D eigenvalue weighted by molar-refractivity contribution is 6.39. The van der Waals surface area contributed by atoms with Gasteiger partial charge in [0.15, 0.2) is 17.1 Å². The maximum Gasteiger partial charge on any atom is 0.255 e. The highest BCUT2D eigenvalue weighted by Crippen LogP contribution is 2.37. The maximum absolute atomic E-state index is 13.6. The van der Waals surface area contributed by atoms with E-state index in [4.69, 9.17) is 37.5 Å². The Balaban J connectivity index is 1.32. The molecule has 5 rings (SSSR count). The van der Waals surface area contributed by atoms with Crippen LogP contribution in [-0.2, 0) is 4.84 Å². The molecule has 1 atom stereocenters. The summed E-state index contributed by atoms with van der Waals surface area (Å²) in [7, 11) is 0. The molecule has 36 heavy (non-hydrogen) atoms. The molecular formula is C26H22Cl2FN3O4. The molecule has 0 bridgehead atoms. The first-order chi connectivity index (χ1) is 17.3. The van der Waals surface area contributed by atoms with Gasteiger partial charge in [-0.2, -0.15) is 0 Å². The van der Waals surface area contributed by atoms with Gasteiger partial charge in [0.2, 0.25) is 0 Å². The lowest BCUT2D eigenvalue weighted by molar-refractivity contribution is -0.0362. The molecule has 0 spiro atoms. The maximum atomic E-state index is 13.6. The Morgan fingerprint density at radius 1 is 1.17 bits per heavy atom. The lowest BCUT2D eigenvalue weighted by atomic mass is 9.96. The van der Waals surface area contributed by atoms with E-state index < -0.39 is 11.5 Å². The molecule has 2 heterocycles. The molecule has 1 unspecified atom stereocenters. The third-order valence-corrected chi connectivity index (χ3v) is 6.30. The number of aromatic nitrogens is 1. The molecule has 1 aromatic heterocycles. The van der Waals surface area contributed by atoms with E-state index >= 15 is 0 Å². The van der Waals surface area contributed by atoms with E-state index in [2.05, 4.69) is 15.5 Å². The number of benzene rings is 2. The lowest BCUT2D eigenvalue weighted by Crippen LogP contribution is -2.33. The van der Waals surface area contributed by atoms with E-state index in [1.807, 2.05) is 6.92 Å². The van der Waals surface area contributed by atoms with E-state index in [0.29, 0.717) is 34.8 Å². The van der Waals surface area contributed by atoms with Crippen molar-refractivity contribution in [1.29, 1.82) is 0 Å². The predicted octanol–water partition coefficient (Wildman–Crippen LogP) is 6.28. The minimum absolute atomic E-state index is 0.127. The number of halogens is 3. The average Bonchev–Trinajstić information content (AvgIpc) is 3.59. The van der Waals surface area contributed by atoms with Crippen molar-refractivity contribution in [2.24, 2.45) is 5.16 Å². The van der Waals surface area contributed by atoms with E-state index in [1.165, 1.54) is 24.5 Å². The summed E-state index contributed by atoms with van der Waals surface area (Å²) in [6.45, 7) is 1.98. The summed E-state index contributed by atoms with van der Waals surface area (Å²) in [5.74, 6) is 0.159. The standard InChI is InChI=1S/C26H22Cl2FN3O4/c1-26(11-21(32-36-26)15-3-2-4-17(29)9-15)14-34-23-10-16(5-8-22(23)35-18-6-7-18)25(33)31-24-19(27)12-30-13-20(24)28/h2-5,8-10,12-13,18H,6-7,11,14H2,1H3,(H,30,31,33). The van der Waals surface area contributed by atoms with Gasteiger partial charge in [-0.15, -0.1) is 0 Å². The number of pyridine rings is 1. The van der Waals surface area contributed by atoms with Crippen LogP contribution in [0.25, 0.3) is 0 Å². The molecule has 3 aromatic rings. The summed E-state index contributed by atoms with van der Waals surface area (Å²) < 4.78 is 25.7. The highest BCUT2D eigenvalue weighted by Gasteiger charge is 2.36. The van der Waals surface area contributed by atoms with Gasteiger partial charge in [0.05, 0.1) is 27.5 Å². The Hall–Kier alpha value is -3.36. The van der Waals surface area contributed by atoms with Crippen LogP contribution in [0, 0.1) is 5.82 Å². The molecule has 10 heteroatoms. The average molecular weight is 530 g/mol. The second kappa shape index (κ2) is 9.95. The van der Waals surface area contributed by atoms with Gasteiger partial charge in [-0.1, -0.05) is 40.5 Å². The van der Waals surface area contributed by atoms with Gasteiger partial charge in [-0.3, -0.25) is 9.78 Å². The Kier molecular flexibility index (Phi) is 6.73. The fourth-order valence-electron chi connectivity index (χ4n) is 3.66. The zero-order valence-corrected chi connectivity index (χ0v) is 20.8. The van der Waals surface area contributed by atoms with Crippen molar-refractivity contribution in [1.82, 2.24) is 4.98 Å². The lowest BCUT2D eigenvalue weighted by Gasteiger charge is -2.23. The highest BCUT2D eigenvalue weighted by atomic mass is 35.5. The fourth-order valence-corrected chi connectivity index (χ4v) is 4.12. The van der Waals surface area contributed by atoms with Crippen molar-refractivity contribution in [3.63, 3.8) is 0 Å². The van der Waals surface area contributed by atoms with Gasteiger partial charge < -0.3 is 19.6 Å². The van der Waals surface area contributed by atoms with E-state index in [1.54, 1.807) is 30.3 Å². The van der Waals surface area contributed by atoms with Crippen LogP contribution < -0.4 is 14.8 Å². The molecule has 1 fully saturated rings. The number of hydrogen-bond donors (Lipinski definition) is 1. The second-order valence-electron chi connectivity index (χ2n) is 8.97. The van der Waals surface area contributed by atoms with Crippen molar-refractivity contribution in [2.75, 3.05) is 11.9 Å². The number of hydrogen-bond acceptors (Lipinski definition) is 6. The largest absolute Gasteiger partial charge is 0.487 e. The SMILES string of the molecule is CC1(COc2cc(C(=O)Nc3c(Cl)cncc3Cl)ccc2OC2CC2)CC(c2cccc(F)c2)=NO1.